The number of anilines is 1. The molecule has 0 radical (unpaired) electrons. The number of nitrogens with one attached hydrogen (secondary N) is 1. The Morgan fingerprint density at radius 3 is 2.67 bits per heavy atom. The van der Waals surface area contributed by atoms with Crippen molar-refractivity contribution in [1.29, 1.82) is 0 Å². The van der Waals surface area contributed by atoms with Crippen molar-refractivity contribution < 1.29 is 19.4 Å². The van der Waals surface area contributed by atoms with Crippen LogP contribution in [0.25, 0.3) is 10.4 Å². The molecule has 0 atom stereocenters. The fraction of sp³-hybridized carbons (Fsp3) is 0.0667. The molecule has 21 heavy (non-hydrogen) atoms. The van der Waals surface area contributed by atoms with Gasteiger partial charge in [0.2, 0.25) is 0 Å². The summed E-state index contributed by atoms with van der Waals surface area (Å²) in [6, 6.07) is 10.9. The maximum Gasteiger partial charge on any atom is 0.412 e. The Hall–Kier alpha value is -2.60. The van der Waals surface area contributed by atoms with Gasteiger partial charge in [-0.1, -0.05) is 43.0 Å². The third-order valence-corrected chi connectivity index (χ3v) is 3.67. The zero-order valence-electron chi connectivity index (χ0n) is 11.0. The van der Waals surface area contributed by atoms with Gasteiger partial charge >= 0.3 is 12.1 Å². The predicted octanol–water partition coefficient (Wildman–Crippen LogP) is 3.85. The Morgan fingerprint density at radius 1 is 1.33 bits per heavy atom. The maximum absolute atomic E-state index is 11.5. The Bertz CT molecular complexity index is 664. The van der Waals surface area contributed by atoms with Crippen molar-refractivity contribution >= 4 is 28.4 Å². The summed E-state index contributed by atoms with van der Waals surface area (Å²) in [5.74, 6) is -1.10. The van der Waals surface area contributed by atoms with Crippen LogP contribution < -0.4 is 5.32 Å². The van der Waals surface area contributed by atoms with Gasteiger partial charge in [-0.05, 0) is 11.6 Å². The van der Waals surface area contributed by atoms with Gasteiger partial charge < -0.3 is 9.84 Å². The molecule has 5 nitrogen and oxygen atoms in total. The van der Waals surface area contributed by atoms with Crippen LogP contribution in [-0.4, -0.2) is 23.8 Å². The number of hydrogen-bond donors (Lipinski definition) is 2. The largest absolute Gasteiger partial charge is 0.478 e. The lowest BCUT2D eigenvalue weighted by molar-refractivity contribution is 0.0698. The van der Waals surface area contributed by atoms with Gasteiger partial charge in [-0.2, -0.15) is 0 Å². The summed E-state index contributed by atoms with van der Waals surface area (Å²) in [6.07, 6.45) is 0.723. The number of carboxylic acids is 1. The Morgan fingerprint density at radius 2 is 2.05 bits per heavy atom. The maximum atomic E-state index is 11.5. The molecule has 0 saturated heterocycles. The molecule has 0 unspecified atom stereocenters. The molecule has 1 heterocycles. The number of aromatic carboxylic acids is 1. The van der Waals surface area contributed by atoms with Crippen LogP contribution in [-0.2, 0) is 4.74 Å². The number of hydrogen-bond acceptors (Lipinski definition) is 4. The molecule has 1 amide bonds. The monoisotopic (exact) mass is 303 g/mol. The third kappa shape index (κ3) is 3.70. The lowest BCUT2D eigenvalue weighted by atomic mass is 10.1. The molecule has 6 heteroatoms. The SMILES string of the molecule is C=CCOC(=O)Nc1sc(-c2ccccc2)cc1C(=O)O. The minimum absolute atomic E-state index is 0.0365. The summed E-state index contributed by atoms with van der Waals surface area (Å²) in [5, 5.41) is 11.9. The molecule has 1 aromatic heterocycles. The van der Waals surface area contributed by atoms with E-state index in [1.54, 1.807) is 0 Å². The Labute approximate surface area is 125 Å². The molecule has 0 fully saturated rings. The third-order valence-electron chi connectivity index (χ3n) is 2.57. The zero-order valence-corrected chi connectivity index (χ0v) is 11.9. The van der Waals surface area contributed by atoms with Crippen LogP contribution in [0.3, 0.4) is 0 Å². The van der Waals surface area contributed by atoms with Crippen molar-refractivity contribution in [2.75, 3.05) is 11.9 Å². The fourth-order valence-corrected chi connectivity index (χ4v) is 2.69. The first kappa shape index (κ1) is 14.8. The summed E-state index contributed by atoms with van der Waals surface area (Å²) < 4.78 is 4.79. The second-order valence-corrected chi connectivity index (χ2v) is 5.09. The van der Waals surface area contributed by atoms with Crippen molar-refractivity contribution in [1.82, 2.24) is 0 Å². The van der Waals surface area contributed by atoms with Crippen LogP contribution in [0.1, 0.15) is 10.4 Å². The van der Waals surface area contributed by atoms with E-state index >= 15 is 0 Å². The van der Waals surface area contributed by atoms with E-state index in [0.29, 0.717) is 0 Å². The van der Waals surface area contributed by atoms with Crippen molar-refractivity contribution in [3.8, 4) is 10.4 Å². The summed E-state index contributed by atoms with van der Waals surface area (Å²) in [7, 11) is 0. The van der Waals surface area contributed by atoms with E-state index in [4.69, 9.17) is 4.74 Å². The highest BCUT2D eigenvalue weighted by Gasteiger charge is 2.18. The molecule has 2 rings (SSSR count). The fourth-order valence-electron chi connectivity index (χ4n) is 1.65. The van der Waals surface area contributed by atoms with E-state index in [2.05, 4.69) is 11.9 Å². The van der Waals surface area contributed by atoms with Crippen LogP contribution in [0.5, 0.6) is 0 Å². The summed E-state index contributed by atoms with van der Waals surface area (Å²) >= 11 is 1.18. The van der Waals surface area contributed by atoms with Crippen LogP contribution in [0.4, 0.5) is 9.80 Å². The van der Waals surface area contributed by atoms with Crippen LogP contribution in [0, 0.1) is 0 Å². The van der Waals surface area contributed by atoms with E-state index in [9.17, 15) is 14.7 Å². The minimum Gasteiger partial charge on any atom is -0.478 e. The predicted molar refractivity (Wildman–Crippen MR) is 81.9 cm³/mol. The molecule has 0 bridgehead atoms. The second kappa shape index (κ2) is 6.71. The minimum atomic E-state index is -1.10. The molecule has 0 aliphatic heterocycles. The van der Waals surface area contributed by atoms with Gasteiger partial charge in [0.05, 0.1) is 5.56 Å². The molecule has 2 N–H and O–H groups in total. The van der Waals surface area contributed by atoms with Crippen molar-refractivity contribution in [3.63, 3.8) is 0 Å². The standard InChI is InChI=1S/C15H13NO4S/c1-2-8-20-15(19)16-13-11(14(17)18)9-12(21-13)10-6-4-3-5-7-10/h2-7,9H,1,8H2,(H,16,19)(H,17,18). The number of carboxylic acid groups (broad SMARTS) is 1. The number of carbonyl (C=O) groups excluding carboxylic acids is 1. The molecule has 0 saturated carbocycles. The van der Waals surface area contributed by atoms with E-state index < -0.39 is 12.1 Å². The highest BCUT2D eigenvalue weighted by molar-refractivity contribution is 7.20. The summed E-state index contributed by atoms with van der Waals surface area (Å²) in [6.45, 7) is 3.49. The highest BCUT2D eigenvalue weighted by atomic mass is 32.1. The van der Waals surface area contributed by atoms with E-state index in [0.717, 1.165) is 10.4 Å². The molecule has 0 aliphatic carbocycles. The van der Waals surface area contributed by atoms with E-state index in [1.807, 2.05) is 30.3 Å². The van der Waals surface area contributed by atoms with Crippen LogP contribution in [0.15, 0.2) is 49.1 Å². The van der Waals surface area contributed by atoms with Gasteiger partial charge in [-0.3, -0.25) is 5.32 Å². The summed E-state index contributed by atoms with van der Waals surface area (Å²) in [5.41, 5.74) is 0.923. The van der Waals surface area contributed by atoms with E-state index in [1.165, 1.54) is 23.5 Å². The molecule has 0 spiro atoms. The molecular weight excluding hydrogens is 290 g/mol. The lowest BCUT2D eigenvalue weighted by Gasteiger charge is -2.03. The highest BCUT2D eigenvalue weighted by Crippen LogP contribution is 2.35. The first-order chi connectivity index (χ1) is 10.1. The van der Waals surface area contributed by atoms with Crippen molar-refractivity contribution in [2.45, 2.75) is 0 Å². The first-order valence-corrected chi connectivity index (χ1v) is 6.90. The number of rotatable bonds is 5. The molecule has 108 valence electrons. The van der Waals surface area contributed by atoms with Gasteiger partial charge in [0.15, 0.2) is 0 Å². The smallest absolute Gasteiger partial charge is 0.412 e. The average molecular weight is 303 g/mol. The molecule has 0 aliphatic rings. The van der Waals surface area contributed by atoms with Crippen molar-refractivity contribution in [2.24, 2.45) is 0 Å². The molecular formula is C15H13NO4S. The number of ether oxygens (including phenoxy) is 1. The first-order valence-electron chi connectivity index (χ1n) is 6.09. The van der Waals surface area contributed by atoms with Gasteiger partial charge in [-0.25, -0.2) is 9.59 Å². The molecule has 2 aromatic rings. The number of amides is 1. The second-order valence-electron chi connectivity index (χ2n) is 4.04. The Balaban J connectivity index is 2.28. The average Bonchev–Trinajstić information content (AvgIpc) is 2.90. The van der Waals surface area contributed by atoms with Crippen molar-refractivity contribution in [3.05, 3.63) is 54.6 Å². The van der Waals surface area contributed by atoms with Gasteiger partial charge in [0.1, 0.15) is 11.6 Å². The van der Waals surface area contributed by atoms with E-state index in [-0.39, 0.29) is 17.2 Å². The normalized spacial score (nSPS) is 9.90. The van der Waals surface area contributed by atoms with Gasteiger partial charge in [0.25, 0.3) is 0 Å². The van der Waals surface area contributed by atoms with Crippen LogP contribution in [0.2, 0.25) is 0 Å². The molecule has 1 aromatic carbocycles. The quantitative estimate of drug-likeness (QED) is 0.823. The number of thiophene rings is 1. The Kier molecular flexibility index (Phi) is 4.73. The number of carbonyl (C=O) groups is 2. The van der Waals surface area contributed by atoms with Gasteiger partial charge in [-0.15, -0.1) is 11.3 Å². The number of benzene rings is 1. The van der Waals surface area contributed by atoms with Crippen LogP contribution >= 0.6 is 11.3 Å². The lowest BCUT2D eigenvalue weighted by Crippen LogP contribution is -2.14. The topological polar surface area (TPSA) is 75.6 Å². The summed E-state index contributed by atoms with van der Waals surface area (Å²) in [4.78, 5) is 23.5. The zero-order chi connectivity index (χ0) is 15.2. The van der Waals surface area contributed by atoms with Gasteiger partial charge in [0, 0.05) is 4.88 Å².